The summed E-state index contributed by atoms with van der Waals surface area (Å²) in [6, 6.07) is 0. The van der Waals surface area contributed by atoms with Crippen LogP contribution in [0.3, 0.4) is 0 Å². The van der Waals surface area contributed by atoms with Gasteiger partial charge in [0.05, 0.1) is 18.5 Å². The summed E-state index contributed by atoms with van der Waals surface area (Å²) in [6.07, 6.45) is 3.99. The largest absolute Gasteiger partial charge is 0.421 e. The van der Waals surface area contributed by atoms with Crippen molar-refractivity contribution in [3.63, 3.8) is 0 Å². The van der Waals surface area contributed by atoms with Gasteiger partial charge in [-0.1, -0.05) is 0 Å². The van der Waals surface area contributed by atoms with Crippen LogP contribution in [-0.4, -0.2) is 21.0 Å². The number of hydrogen-bond donors (Lipinski definition) is 1. The van der Waals surface area contributed by atoms with Crippen LogP contribution in [0.1, 0.15) is 13.8 Å². The van der Waals surface area contributed by atoms with Gasteiger partial charge in [-0.25, -0.2) is 9.97 Å². The lowest BCUT2D eigenvalue weighted by molar-refractivity contribution is 0.202. The summed E-state index contributed by atoms with van der Waals surface area (Å²) in [5.41, 5.74) is 0. The first-order valence-corrected chi connectivity index (χ1v) is 6.54. The van der Waals surface area contributed by atoms with E-state index in [-0.39, 0.29) is 6.10 Å². The Kier molecular flexibility index (Phi) is 3.95. The smallest absolute Gasteiger partial charge is 0.378 e. The van der Waals surface area contributed by atoms with Crippen LogP contribution in [0.5, 0.6) is 5.75 Å². The SMILES string of the molecule is CC(C)OP(O)(=S)Oc1cncnc1. The van der Waals surface area contributed by atoms with Crippen LogP contribution >= 0.6 is 6.72 Å². The third-order valence-corrected chi connectivity index (χ3v) is 2.71. The van der Waals surface area contributed by atoms with Crippen LogP contribution in [0.25, 0.3) is 0 Å². The van der Waals surface area contributed by atoms with Gasteiger partial charge in [0.2, 0.25) is 0 Å². The van der Waals surface area contributed by atoms with Gasteiger partial charge in [-0.15, -0.1) is 0 Å². The van der Waals surface area contributed by atoms with E-state index in [2.05, 4.69) is 9.97 Å². The van der Waals surface area contributed by atoms with E-state index < -0.39 is 6.72 Å². The van der Waals surface area contributed by atoms with Gasteiger partial charge in [-0.3, -0.25) is 4.52 Å². The maximum absolute atomic E-state index is 9.56. The summed E-state index contributed by atoms with van der Waals surface area (Å²) in [5, 5.41) is 0. The maximum atomic E-state index is 9.56. The molecule has 1 aromatic rings. The Hall–Kier alpha value is -0.550. The standard InChI is InChI=1S/C7H11N2O3PS/c1-6(2)11-13(10,14)12-7-3-8-5-9-4-7/h3-6H,1-2H3,(H,10,14). The van der Waals surface area contributed by atoms with Crippen molar-refractivity contribution in [3.8, 4) is 5.75 Å². The molecule has 7 heteroatoms. The summed E-state index contributed by atoms with van der Waals surface area (Å²) >= 11 is 4.77. The second-order valence-electron chi connectivity index (χ2n) is 2.79. The minimum absolute atomic E-state index is 0.185. The predicted octanol–water partition coefficient (Wildman–Crippen LogP) is 1.50. The molecule has 0 saturated heterocycles. The van der Waals surface area contributed by atoms with Gasteiger partial charge in [-0.2, -0.15) is 0 Å². The Morgan fingerprint density at radius 1 is 1.43 bits per heavy atom. The van der Waals surface area contributed by atoms with Crippen molar-refractivity contribution in [2.24, 2.45) is 0 Å². The fourth-order valence-corrected chi connectivity index (χ4v) is 2.46. The Bertz CT molecular complexity index is 333. The molecule has 0 amide bonds. The van der Waals surface area contributed by atoms with Crippen LogP contribution in [0.15, 0.2) is 18.7 Å². The molecule has 0 aromatic carbocycles. The fraction of sp³-hybridized carbons (Fsp3) is 0.429. The number of nitrogens with zero attached hydrogens (tertiary/aromatic N) is 2. The van der Waals surface area contributed by atoms with Crippen LogP contribution < -0.4 is 4.52 Å². The summed E-state index contributed by atoms with van der Waals surface area (Å²) in [4.78, 5) is 17.0. The lowest BCUT2D eigenvalue weighted by Gasteiger charge is -2.18. The third-order valence-electron chi connectivity index (χ3n) is 1.10. The van der Waals surface area contributed by atoms with E-state index >= 15 is 0 Å². The van der Waals surface area contributed by atoms with Crippen molar-refractivity contribution in [2.45, 2.75) is 20.0 Å². The summed E-state index contributed by atoms with van der Waals surface area (Å²) in [6.45, 7) is 0.315. The van der Waals surface area contributed by atoms with Gasteiger partial charge in [0.25, 0.3) is 0 Å². The molecule has 0 radical (unpaired) electrons. The van der Waals surface area contributed by atoms with Crippen molar-refractivity contribution in [3.05, 3.63) is 18.7 Å². The monoisotopic (exact) mass is 234 g/mol. The van der Waals surface area contributed by atoms with E-state index in [1.54, 1.807) is 13.8 Å². The minimum atomic E-state index is -3.22. The molecule has 1 heterocycles. The molecule has 5 nitrogen and oxygen atoms in total. The molecule has 78 valence electrons. The molecule has 1 unspecified atom stereocenters. The molecular formula is C7H11N2O3PS. The topological polar surface area (TPSA) is 64.5 Å². The Morgan fingerprint density at radius 2 is 2.00 bits per heavy atom. The van der Waals surface area contributed by atoms with Gasteiger partial charge in [-0.05, 0) is 13.8 Å². The van der Waals surface area contributed by atoms with Crippen LogP contribution in [0.4, 0.5) is 0 Å². The van der Waals surface area contributed by atoms with Gasteiger partial charge in [0.15, 0.2) is 5.75 Å². The molecule has 1 atom stereocenters. The van der Waals surface area contributed by atoms with E-state index in [9.17, 15) is 4.89 Å². The Labute approximate surface area is 87.4 Å². The number of aromatic nitrogens is 2. The van der Waals surface area contributed by atoms with Crippen molar-refractivity contribution in [2.75, 3.05) is 0 Å². The van der Waals surface area contributed by atoms with E-state index in [0.29, 0.717) is 5.75 Å². The quantitative estimate of drug-likeness (QED) is 0.796. The second kappa shape index (κ2) is 4.79. The highest BCUT2D eigenvalue weighted by Crippen LogP contribution is 2.44. The lowest BCUT2D eigenvalue weighted by Crippen LogP contribution is -2.04. The molecule has 0 saturated carbocycles. The molecule has 1 N–H and O–H groups in total. The van der Waals surface area contributed by atoms with Gasteiger partial charge in [0.1, 0.15) is 6.33 Å². The zero-order valence-electron chi connectivity index (χ0n) is 7.82. The predicted molar refractivity (Wildman–Crippen MR) is 55.4 cm³/mol. The molecular weight excluding hydrogens is 223 g/mol. The van der Waals surface area contributed by atoms with Crippen molar-refractivity contribution in [1.29, 1.82) is 0 Å². The van der Waals surface area contributed by atoms with E-state index in [4.69, 9.17) is 20.9 Å². The van der Waals surface area contributed by atoms with Crippen molar-refractivity contribution >= 4 is 18.5 Å². The Balaban J connectivity index is 2.64. The van der Waals surface area contributed by atoms with E-state index in [1.807, 2.05) is 0 Å². The van der Waals surface area contributed by atoms with E-state index in [1.165, 1.54) is 18.7 Å². The average Bonchev–Trinajstić information content (AvgIpc) is 2.02. The molecule has 1 aromatic heterocycles. The third kappa shape index (κ3) is 4.11. The number of hydrogen-bond acceptors (Lipinski definition) is 5. The first-order valence-electron chi connectivity index (χ1n) is 3.95. The van der Waals surface area contributed by atoms with Gasteiger partial charge < -0.3 is 9.42 Å². The van der Waals surface area contributed by atoms with Gasteiger partial charge in [0, 0.05) is 11.8 Å². The Morgan fingerprint density at radius 3 is 2.50 bits per heavy atom. The molecule has 0 spiro atoms. The van der Waals surface area contributed by atoms with Crippen LogP contribution in [0, 0.1) is 0 Å². The van der Waals surface area contributed by atoms with Gasteiger partial charge >= 0.3 is 6.72 Å². The van der Waals surface area contributed by atoms with Crippen LogP contribution in [0.2, 0.25) is 0 Å². The zero-order valence-corrected chi connectivity index (χ0v) is 9.53. The van der Waals surface area contributed by atoms with Crippen molar-refractivity contribution < 1.29 is 13.9 Å². The molecule has 0 fully saturated rings. The first-order chi connectivity index (χ1) is 6.49. The van der Waals surface area contributed by atoms with E-state index in [0.717, 1.165) is 0 Å². The molecule has 14 heavy (non-hydrogen) atoms. The minimum Gasteiger partial charge on any atom is -0.421 e. The number of rotatable bonds is 4. The molecule has 0 aliphatic rings. The zero-order chi connectivity index (χ0) is 10.6. The fourth-order valence-electron chi connectivity index (χ4n) is 0.754. The van der Waals surface area contributed by atoms with Crippen molar-refractivity contribution in [1.82, 2.24) is 9.97 Å². The molecule has 0 aliphatic heterocycles. The van der Waals surface area contributed by atoms with Crippen LogP contribution in [-0.2, 0) is 16.3 Å². The maximum Gasteiger partial charge on any atom is 0.378 e. The highest BCUT2D eigenvalue weighted by Gasteiger charge is 2.18. The molecule has 0 bridgehead atoms. The molecule has 1 rings (SSSR count). The summed E-state index contributed by atoms with van der Waals surface area (Å²) < 4.78 is 10.1. The second-order valence-corrected chi connectivity index (χ2v) is 5.50. The summed E-state index contributed by atoms with van der Waals surface area (Å²) in [7, 11) is 0. The summed E-state index contributed by atoms with van der Waals surface area (Å²) in [5.74, 6) is 0.305. The lowest BCUT2D eigenvalue weighted by atomic mass is 10.5. The normalized spacial score (nSPS) is 15.1. The highest BCUT2D eigenvalue weighted by atomic mass is 32.5. The highest BCUT2D eigenvalue weighted by molar-refractivity contribution is 8.07. The average molecular weight is 234 g/mol. The first kappa shape index (κ1) is 11.5. The molecule has 0 aliphatic carbocycles.